The highest BCUT2D eigenvalue weighted by atomic mass is 35.5. The van der Waals surface area contributed by atoms with Gasteiger partial charge in [0.25, 0.3) is 0 Å². The van der Waals surface area contributed by atoms with Crippen LogP contribution in [0, 0.1) is 11.3 Å². The standard InChI is InChI=1S/C14H8Cl2N6/c15-8-1-2-9(11(16)5-8)13-10(6-17)14(18)22(21-13)12-7-19-3-4-20-12/h1-5,7H,18H2. The first-order chi connectivity index (χ1) is 10.6. The second kappa shape index (κ2) is 5.64. The van der Waals surface area contributed by atoms with E-state index in [1.165, 1.54) is 23.3 Å². The molecule has 0 radical (unpaired) electrons. The van der Waals surface area contributed by atoms with E-state index in [1.807, 2.05) is 6.07 Å². The lowest BCUT2D eigenvalue weighted by Crippen LogP contribution is -2.04. The summed E-state index contributed by atoms with van der Waals surface area (Å²) in [4.78, 5) is 8.09. The molecule has 2 N–H and O–H groups in total. The third-order valence-electron chi connectivity index (χ3n) is 2.99. The van der Waals surface area contributed by atoms with Gasteiger partial charge < -0.3 is 5.73 Å². The summed E-state index contributed by atoms with van der Waals surface area (Å²) in [6.45, 7) is 0. The lowest BCUT2D eigenvalue weighted by molar-refractivity contribution is 0.851. The molecule has 0 spiro atoms. The Morgan fingerprint density at radius 3 is 2.68 bits per heavy atom. The van der Waals surface area contributed by atoms with E-state index in [0.717, 1.165) is 0 Å². The number of rotatable bonds is 2. The van der Waals surface area contributed by atoms with Gasteiger partial charge in [0.15, 0.2) is 5.82 Å². The third-order valence-corrected chi connectivity index (χ3v) is 3.53. The fourth-order valence-corrected chi connectivity index (χ4v) is 2.48. The molecule has 0 saturated heterocycles. The van der Waals surface area contributed by atoms with Gasteiger partial charge in [0.1, 0.15) is 23.1 Å². The first-order valence-electron chi connectivity index (χ1n) is 6.12. The Bertz CT molecular complexity index is 882. The molecule has 0 aliphatic heterocycles. The van der Waals surface area contributed by atoms with E-state index in [1.54, 1.807) is 18.2 Å². The normalized spacial score (nSPS) is 10.4. The second-order valence-corrected chi connectivity index (χ2v) is 5.16. The van der Waals surface area contributed by atoms with Crippen LogP contribution in [0.1, 0.15) is 5.56 Å². The Balaban J connectivity index is 2.24. The van der Waals surface area contributed by atoms with Gasteiger partial charge in [-0.05, 0) is 18.2 Å². The molecule has 3 aromatic rings. The quantitative estimate of drug-likeness (QED) is 0.779. The number of nitrogen functional groups attached to an aromatic ring is 1. The number of aromatic nitrogens is 4. The third kappa shape index (κ3) is 2.37. The largest absolute Gasteiger partial charge is 0.382 e. The van der Waals surface area contributed by atoms with Gasteiger partial charge in [-0.1, -0.05) is 23.2 Å². The van der Waals surface area contributed by atoms with Crippen LogP contribution in [0.3, 0.4) is 0 Å². The van der Waals surface area contributed by atoms with Crippen LogP contribution < -0.4 is 5.73 Å². The zero-order valence-electron chi connectivity index (χ0n) is 11.0. The zero-order valence-corrected chi connectivity index (χ0v) is 12.5. The van der Waals surface area contributed by atoms with Gasteiger partial charge in [-0.15, -0.1) is 0 Å². The minimum Gasteiger partial charge on any atom is -0.382 e. The highest BCUT2D eigenvalue weighted by molar-refractivity contribution is 6.36. The minimum absolute atomic E-state index is 0.170. The molecule has 0 atom stereocenters. The van der Waals surface area contributed by atoms with Crippen molar-refractivity contribution in [2.24, 2.45) is 0 Å². The summed E-state index contributed by atoms with van der Waals surface area (Å²) in [6.07, 6.45) is 4.54. The summed E-state index contributed by atoms with van der Waals surface area (Å²) in [6, 6.07) is 6.98. The topological polar surface area (TPSA) is 93.4 Å². The monoisotopic (exact) mass is 330 g/mol. The molecule has 0 unspecified atom stereocenters. The van der Waals surface area contributed by atoms with Crippen LogP contribution >= 0.6 is 23.2 Å². The van der Waals surface area contributed by atoms with E-state index >= 15 is 0 Å². The Morgan fingerprint density at radius 2 is 2.05 bits per heavy atom. The van der Waals surface area contributed by atoms with Crippen molar-refractivity contribution in [3.63, 3.8) is 0 Å². The summed E-state index contributed by atoms with van der Waals surface area (Å²) in [7, 11) is 0. The zero-order chi connectivity index (χ0) is 15.7. The number of halogens is 2. The van der Waals surface area contributed by atoms with E-state index in [0.29, 0.717) is 27.1 Å². The highest BCUT2D eigenvalue weighted by Gasteiger charge is 2.20. The Labute approximate surface area is 135 Å². The number of nitriles is 1. The van der Waals surface area contributed by atoms with Crippen molar-refractivity contribution < 1.29 is 0 Å². The summed E-state index contributed by atoms with van der Waals surface area (Å²) < 4.78 is 1.35. The van der Waals surface area contributed by atoms with Crippen molar-refractivity contribution in [1.82, 2.24) is 19.7 Å². The van der Waals surface area contributed by atoms with E-state index in [2.05, 4.69) is 15.1 Å². The van der Waals surface area contributed by atoms with Crippen LogP contribution in [0.15, 0.2) is 36.8 Å². The molecule has 0 fully saturated rings. The van der Waals surface area contributed by atoms with Crippen molar-refractivity contribution in [1.29, 1.82) is 5.26 Å². The van der Waals surface area contributed by atoms with Gasteiger partial charge in [0.05, 0.1) is 11.2 Å². The Kier molecular flexibility index (Phi) is 3.67. The van der Waals surface area contributed by atoms with Crippen molar-refractivity contribution in [2.45, 2.75) is 0 Å². The van der Waals surface area contributed by atoms with Crippen LogP contribution in [0.5, 0.6) is 0 Å². The maximum absolute atomic E-state index is 9.38. The van der Waals surface area contributed by atoms with Crippen LogP contribution in [-0.2, 0) is 0 Å². The summed E-state index contributed by atoms with van der Waals surface area (Å²) in [5, 5.41) is 14.6. The van der Waals surface area contributed by atoms with Crippen molar-refractivity contribution in [3.8, 4) is 23.1 Å². The minimum atomic E-state index is 0.170. The molecular weight excluding hydrogens is 323 g/mol. The van der Waals surface area contributed by atoms with Crippen molar-refractivity contribution in [2.75, 3.05) is 5.73 Å². The number of nitrogens with two attached hydrogens (primary N) is 1. The lowest BCUT2D eigenvalue weighted by atomic mass is 10.1. The fraction of sp³-hybridized carbons (Fsp3) is 0. The average Bonchev–Trinajstić information content (AvgIpc) is 2.84. The summed E-state index contributed by atoms with van der Waals surface area (Å²) >= 11 is 12.1. The SMILES string of the molecule is N#Cc1c(-c2ccc(Cl)cc2Cl)nn(-c2cnccn2)c1N. The first kappa shape index (κ1) is 14.3. The van der Waals surface area contributed by atoms with E-state index in [9.17, 15) is 5.26 Å². The highest BCUT2D eigenvalue weighted by Crippen LogP contribution is 2.34. The predicted molar refractivity (Wildman–Crippen MR) is 83.7 cm³/mol. The number of benzene rings is 1. The number of nitrogens with zero attached hydrogens (tertiary/aromatic N) is 5. The van der Waals surface area contributed by atoms with E-state index < -0.39 is 0 Å². The maximum Gasteiger partial charge on any atom is 0.174 e. The average molecular weight is 331 g/mol. The first-order valence-corrected chi connectivity index (χ1v) is 6.88. The van der Waals surface area contributed by atoms with Gasteiger partial charge in [-0.2, -0.15) is 15.0 Å². The molecule has 0 bridgehead atoms. The molecule has 0 aliphatic carbocycles. The smallest absolute Gasteiger partial charge is 0.174 e. The predicted octanol–water partition coefficient (Wildman–Crippen LogP) is 3.09. The van der Waals surface area contributed by atoms with Gasteiger partial charge >= 0.3 is 0 Å². The van der Waals surface area contributed by atoms with Crippen LogP contribution in [-0.4, -0.2) is 19.7 Å². The molecule has 6 nitrogen and oxygen atoms in total. The molecule has 3 rings (SSSR count). The molecule has 2 aromatic heterocycles. The number of anilines is 1. The van der Waals surface area contributed by atoms with Crippen molar-refractivity contribution in [3.05, 3.63) is 52.4 Å². The number of hydrogen-bond acceptors (Lipinski definition) is 5. The summed E-state index contributed by atoms with van der Waals surface area (Å²) in [5.74, 6) is 0.580. The van der Waals surface area contributed by atoms with Gasteiger partial charge in [0.2, 0.25) is 0 Å². The van der Waals surface area contributed by atoms with Crippen LogP contribution in [0.25, 0.3) is 17.1 Å². The Morgan fingerprint density at radius 1 is 1.23 bits per heavy atom. The molecule has 1 aromatic carbocycles. The molecule has 2 heterocycles. The molecule has 0 aliphatic rings. The number of hydrogen-bond donors (Lipinski definition) is 1. The van der Waals surface area contributed by atoms with Gasteiger partial charge in [-0.3, -0.25) is 4.98 Å². The van der Waals surface area contributed by atoms with Crippen LogP contribution in [0.4, 0.5) is 5.82 Å². The molecular formula is C14H8Cl2N6. The van der Waals surface area contributed by atoms with Crippen molar-refractivity contribution >= 4 is 29.0 Å². The molecule has 0 saturated carbocycles. The van der Waals surface area contributed by atoms with E-state index in [-0.39, 0.29) is 11.4 Å². The molecule has 8 heteroatoms. The molecule has 22 heavy (non-hydrogen) atoms. The van der Waals surface area contributed by atoms with Gasteiger partial charge in [-0.25, -0.2) is 4.98 Å². The lowest BCUT2D eigenvalue weighted by Gasteiger charge is -2.02. The van der Waals surface area contributed by atoms with Crippen LogP contribution in [0.2, 0.25) is 10.0 Å². The molecule has 0 amide bonds. The fourth-order valence-electron chi connectivity index (χ4n) is 1.99. The van der Waals surface area contributed by atoms with Gasteiger partial charge in [0, 0.05) is 23.0 Å². The molecule has 108 valence electrons. The summed E-state index contributed by atoms with van der Waals surface area (Å²) in [5.41, 5.74) is 7.16. The maximum atomic E-state index is 9.38. The Hall–Kier alpha value is -2.62. The second-order valence-electron chi connectivity index (χ2n) is 4.32. The van der Waals surface area contributed by atoms with E-state index in [4.69, 9.17) is 28.9 Å².